The Morgan fingerprint density at radius 2 is 2.05 bits per heavy atom. The summed E-state index contributed by atoms with van der Waals surface area (Å²) in [7, 11) is 0. The molecule has 1 aromatic carbocycles. The number of benzene rings is 1. The fourth-order valence-electron chi connectivity index (χ4n) is 1.82. The van der Waals surface area contributed by atoms with E-state index in [4.69, 9.17) is 4.74 Å². The molecule has 0 unspecified atom stereocenters. The molecule has 0 radical (unpaired) electrons. The van der Waals surface area contributed by atoms with Crippen LogP contribution in [0.25, 0.3) is 0 Å². The number of hydrogen-bond donors (Lipinski definition) is 2. The van der Waals surface area contributed by atoms with Crippen LogP contribution in [-0.4, -0.2) is 29.3 Å². The molecule has 0 spiro atoms. The summed E-state index contributed by atoms with van der Waals surface area (Å²) in [4.78, 5) is 11.9. The summed E-state index contributed by atoms with van der Waals surface area (Å²) in [5, 5.41) is 9.60. The fourth-order valence-corrected chi connectivity index (χ4v) is 1.82. The highest BCUT2D eigenvalue weighted by Gasteiger charge is 2.14. The molecular formula is C14H17N3O2. The minimum absolute atomic E-state index is 0.125. The van der Waals surface area contributed by atoms with E-state index in [1.165, 1.54) is 0 Å². The number of aryl methyl sites for hydroxylation is 2. The average molecular weight is 259 g/mol. The summed E-state index contributed by atoms with van der Waals surface area (Å²) in [5.74, 6) is 0.674. The molecule has 0 aliphatic carbocycles. The van der Waals surface area contributed by atoms with Crippen molar-refractivity contribution in [3.05, 3.63) is 47.3 Å². The van der Waals surface area contributed by atoms with Crippen molar-refractivity contribution >= 4 is 5.91 Å². The largest absolute Gasteiger partial charge is 0.492 e. The quantitative estimate of drug-likeness (QED) is 0.805. The van der Waals surface area contributed by atoms with E-state index in [0.29, 0.717) is 24.4 Å². The van der Waals surface area contributed by atoms with Crippen molar-refractivity contribution in [3.8, 4) is 5.75 Å². The van der Waals surface area contributed by atoms with Gasteiger partial charge in [0.2, 0.25) is 0 Å². The van der Waals surface area contributed by atoms with Gasteiger partial charge in [-0.2, -0.15) is 5.10 Å². The third-order valence-electron chi connectivity index (χ3n) is 2.75. The van der Waals surface area contributed by atoms with Crippen LogP contribution in [0.2, 0.25) is 0 Å². The minimum atomic E-state index is -0.125. The molecule has 2 N–H and O–H groups in total. The van der Waals surface area contributed by atoms with E-state index in [2.05, 4.69) is 15.5 Å². The highest BCUT2D eigenvalue weighted by Crippen LogP contribution is 2.09. The van der Waals surface area contributed by atoms with Crippen molar-refractivity contribution in [3.63, 3.8) is 0 Å². The van der Waals surface area contributed by atoms with E-state index in [1.54, 1.807) is 6.92 Å². The third kappa shape index (κ3) is 3.34. The highest BCUT2D eigenvalue weighted by atomic mass is 16.5. The number of para-hydroxylation sites is 1. The van der Waals surface area contributed by atoms with E-state index in [1.807, 2.05) is 37.3 Å². The predicted molar refractivity (Wildman–Crippen MR) is 72.3 cm³/mol. The first kappa shape index (κ1) is 13.1. The molecule has 0 aliphatic rings. The monoisotopic (exact) mass is 259 g/mol. The van der Waals surface area contributed by atoms with Gasteiger partial charge in [0.1, 0.15) is 12.4 Å². The minimum Gasteiger partial charge on any atom is -0.492 e. The van der Waals surface area contributed by atoms with Crippen LogP contribution in [0.3, 0.4) is 0 Å². The van der Waals surface area contributed by atoms with E-state index >= 15 is 0 Å². The molecule has 2 aromatic rings. The van der Waals surface area contributed by atoms with Gasteiger partial charge in [0.15, 0.2) is 0 Å². The molecule has 1 heterocycles. The lowest BCUT2D eigenvalue weighted by atomic mass is 10.2. The van der Waals surface area contributed by atoms with Crippen LogP contribution in [0, 0.1) is 13.8 Å². The number of carbonyl (C=O) groups excluding carboxylic acids is 1. The number of hydrogen-bond acceptors (Lipinski definition) is 3. The van der Waals surface area contributed by atoms with Crippen molar-refractivity contribution in [1.82, 2.24) is 15.5 Å². The lowest BCUT2D eigenvalue weighted by molar-refractivity contribution is 0.0946. The van der Waals surface area contributed by atoms with Gasteiger partial charge in [0.05, 0.1) is 17.8 Å². The first-order valence-corrected chi connectivity index (χ1v) is 6.16. The van der Waals surface area contributed by atoms with E-state index < -0.39 is 0 Å². The molecule has 2 rings (SSSR count). The van der Waals surface area contributed by atoms with Crippen LogP contribution in [0.1, 0.15) is 21.7 Å². The van der Waals surface area contributed by atoms with Crippen LogP contribution < -0.4 is 10.1 Å². The second-order valence-electron chi connectivity index (χ2n) is 4.23. The van der Waals surface area contributed by atoms with Crippen molar-refractivity contribution < 1.29 is 9.53 Å². The Labute approximate surface area is 112 Å². The number of aromatic nitrogens is 2. The molecule has 0 bridgehead atoms. The second kappa shape index (κ2) is 6.04. The van der Waals surface area contributed by atoms with E-state index in [0.717, 1.165) is 11.4 Å². The van der Waals surface area contributed by atoms with Crippen molar-refractivity contribution in [2.24, 2.45) is 0 Å². The maximum Gasteiger partial charge on any atom is 0.255 e. The predicted octanol–water partition coefficient (Wildman–Crippen LogP) is 1.84. The second-order valence-corrected chi connectivity index (χ2v) is 4.23. The van der Waals surface area contributed by atoms with Crippen molar-refractivity contribution in [1.29, 1.82) is 0 Å². The summed E-state index contributed by atoms with van der Waals surface area (Å²) < 4.78 is 5.50. The zero-order chi connectivity index (χ0) is 13.7. The van der Waals surface area contributed by atoms with Crippen LogP contribution in [0.15, 0.2) is 30.3 Å². The highest BCUT2D eigenvalue weighted by molar-refractivity contribution is 5.96. The Morgan fingerprint density at radius 1 is 1.32 bits per heavy atom. The van der Waals surface area contributed by atoms with Gasteiger partial charge in [0, 0.05) is 5.69 Å². The summed E-state index contributed by atoms with van der Waals surface area (Å²) in [6.45, 7) is 4.53. The van der Waals surface area contributed by atoms with Gasteiger partial charge in [-0.3, -0.25) is 9.89 Å². The number of nitrogens with one attached hydrogen (secondary N) is 2. The Hall–Kier alpha value is -2.30. The maximum atomic E-state index is 11.9. The van der Waals surface area contributed by atoms with Crippen LogP contribution in [0.4, 0.5) is 0 Å². The molecule has 1 amide bonds. The van der Waals surface area contributed by atoms with Crippen molar-refractivity contribution in [2.45, 2.75) is 13.8 Å². The van der Waals surface area contributed by atoms with Crippen LogP contribution in [0.5, 0.6) is 5.75 Å². The molecule has 5 heteroatoms. The molecule has 0 aliphatic heterocycles. The Balaban J connectivity index is 1.79. The van der Waals surface area contributed by atoms with Gasteiger partial charge in [-0.1, -0.05) is 18.2 Å². The van der Waals surface area contributed by atoms with Gasteiger partial charge in [0.25, 0.3) is 5.91 Å². The molecule has 0 atom stereocenters. The molecule has 0 saturated heterocycles. The SMILES string of the molecule is Cc1n[nH]c(C)c1C(=O)NCCOc1ccccc1. The molecule has 0 saturated carbocycles. The zero-order valence-electron chi connectivity index (χ0n) is 11.1. The number of aromatic amines is 1. The molecule has 5 nitrogen and oxygen atoms in total. The molecule has 100 valence electrons. The van der Waals surface area contributed by atoms with Gasteiger partial charge >= 0.3 is 0 Å². The lowest BCUT2D eigenvalue weighted by Gasteiger charge is -2.07. The van der Waals surface area contributed by atoms with Crippen LogP contribution >= 0.6 is 0 Å². The van der Waals surface area contributed by atoms with Gasteiger partial charge in [-0.15, -0.1) is 0 Å². The molecule has 0 fully saturated rings. The molecule has 19 heavy (non-hydrogen) atoms. The Kier molecular flexibility index (Phi) is 4.18. The molecule has 1 aromatic heterocycles. The number of rotatable bonds is 5. The van der Waals surface area contributed by atoms with Gasteiger partial charge in [-0.05, 0) is 26.0 Å². The summed E-state index contributed by atoms with van der Waals surface area (Å²) >= 11 is 0. The van der Waals surface area contributed by atoms with Gasteiger partial charge in [-0.25, -0.2) is 0 Å². The topological polar surface area (TPSA) is 67.0 Å². The number of nitrogens with zero attached hydrogens (tertiary/aromatic N) is 1. The summed E-state index contributed by atoms with van der Waals surface area (Å²) in [6.07, 6.45) is 0. The summed E-state index contributed by atoms with van der Waals surface area (Å²) in [5.41, 5.74) is 2.10. The number of ether oxygens (including phenoxy) is 1. The number of carbonyl (C=O) groups is 1. The van der Waals surface area contributed by atoms with Crippen LogP contribution in [-0.2, 0) is 0 Å². The average Bonchev–Trinajstić information content (AvgIpc) is 2.75. The van der Waals surface area contributed by atoms with E-state index in [-0.39, 0.29) is 5.91 Å². The number of amides is 1. The zero-order valence-corrected chi connectivity index (χ0v) is 11.1. The Morgan fingerprint density at radius 3 is 2.68 bits per heavy atom. The first-order valence-electron chi connectivity index (χ1n) is 6.16. The van der Waals surface area contributed by atoms with E-state index in [9.17, 15) is 4.79 Å². The fraction of sp³-hybridized carbons (Fsp3) is 0.286. The maximum absolute atomic E-state index is 11.9. The third-order valence-corrected chi connectivity index (χ3v) is 2.75. The first-order chi connectivity index (χ1) is 9.18. The summed E-state index contributed by atoms with van der Waals surface area (Å²) in [6, 6.07) is 9.51. The standard InChI is InChI=1S/C14H17N3O2/c1-10-13(11(2)17-16-10)14(18)15-8-9-19-12-6-4-3-5-7-12/h3-7H,8-9H2,1-2H3,(H,15,18)(H,16,17). The smallest absolute Gasteiger partial charge is 0.255 e. The molecular weight excluding hydrogens is 242 g/mol. The number of H-pyrrole nitrogens is 1. The van der Waals surface area contributed by atoms with Crippen molar-refractivity contribution in [2.75, 3.05) is 13.2 Å². The lowest BCUT2D eigenvalue weighted by Crippen LogP contribution is -2.28. The Bertz CT molecular complexity index is 530. The van der Waals surface area contributed by atoms with Gasteiger partial charge < -0.3 is 10.1 Å². The normalized spacial score (nSPS) is 10.2.